The molecule has 2 heterocycles. The van der Waals surface area contributed by atoms with Gasteiger partial charge in [0.05, 0.1) is 37.2 Å². The van der Waals surface area contributed by atoms with Crippen molar-refractivity contribution in [2.45, 2.75) is 63.1 Å². The molecule has 2 atom stereocenters. The first-order valence-electron chi connectivity index (χ1n) is 15.8. The van der Waals surface area contributed by atoms with Gasteiger partial charge in [-0.1, -0.05) is 24.3 Å². The van der Waals surface area contributed by atoms with Crippen molar-refractivity contribution in [3.05, 3.63) is 82.1 Å². The summed E-state index contributed by atoms with van der Waals surface area (Å²) in [7, 11) is 2.50. The lowest BCUT2D eigenvalue weighted by molar-refractivity contribution is -0.137. The maximum atomic E-state index is 14.4. The Labute approximate surface area is 272 Å². The summed E-state index contributed by atoms with van der Waals surface area (Å²) in [6.07, 6.45) is 4.29. The van der Waals surface area contributed by atoms with Gasteiger partial charge in [-0.15, -0.1) is 0 Å². The Bertz CT molecular complexity index is 1540. The molecule has 1 aliphatic carbocycles. The Morgan fingerprint density at radius 2 is 1.72 bits per heavy atom. The zero-order chi connectivity index (χ0) is 33.7. The van der Waals surface area contributed by atoms with E-state index in [2.05, 4.69) is 15.5 Å². The maximum absolute atomic E-state index is 14.4. The number of hydrogen-bond acceptors (Lipinski definition) is 8. The molecular weight excluding hydrogens is 614 g/mol. The lowest BCUT2D eigenvalue weighted by Gasteiger charge is -2.37. The van der Waals surface area contributed by atoms with Crippen LogP contribution >= 0.6 is 0 Å². The zero-order valence-corrected chi connectivity index (χ0v) is 26.7. The van der Waals surface area contributed by atoms with Crippen LogP contribution in [0.4, 0.5) is 18.4 Å². The van der Waals surface area contributed by atoms with Gasteiger partial charge in [0.2, 0.25) is 0 Å². The number of nitrogens with zero attached hydrogens (tertiary/aromatic N) is 2. The second-order valence-electron chi connectivity index (χ2n) is 11.9. The number of carbonyl (C=O) groups excluding carboxylic acids is 4. The predicted molar refractivity (Wildman–Crippen MR) is 166 cm³/mol. The first-order chi connectivity index (χ1) is 22.7. The second-order valence-corrected chi connectivity index (χ2v) is 11.9. The van der Waals surface area contributed by atoms with Gasteiger partial charge >= 0.3 is 24.0 Å². The molecule has 252 valence electrons. The molecule has 2 aliphatic heterocycles. The molecule has 0 radical (unpaired) electrons. The minimum atomic E-state index is -1.40. The van der Waals surface area contributed by atoms with Crippen LogP contribution in [0.25, 0.3) is 0 Å². The van der Waals surface area contributed by atoms with Crippen molar-refractivity contribution in [1.82, 2.24) is 20.4 Å². The topological polar surface area (TPSA) is 127 Å². The number of halogens is 2. The molecule has 0 spiro atoms. The number of likely N-dealkylation sites (tertiary alicyclic amines) is 1. The summed E-state index contributed by atoms with van der Waals surface area (Å²) in [4.78, 5) is 55.7. The van der Waals surface area contributed by atoms with Gasteiger partial charge in [-0.2, -0.15) is 0 Å². The molecule has 13 heteroatoms. The van der Waals surface area contributed by atoms with E-state index in [0.717, 1.165) is 61.9 Å². The zero-order valence-electron chi connectivity index (χ0n) is 26.7. The number of nitrogens with one attached hydrogen (secondary N) is 2. The van der Waals surface area contributed by atoms with Gasteiger partial charge in [-0.3, -0.25) is 4.90 Å². The molecule has 5 rings (SSSR count). The highest BCUT2D eigenvalue weighted by molar-refractivity contribution is 6.02. The molecule has 4 amide bonds. The number of amides is 4. The highest BCUT2D eigenvalue weighted by atomic mass is 19.2. The van der Waals surface area contributed by atoms with Crippen molar-refractivity contribution in [2.24, 2.45) is 0 Å². The van der Waals surface area contributed by atoms with Crippen LogP contribution in [0.1, 0.15) is 72.5 Å². The van der Waals surface area contributed by atoms with Gasteiger partial charge in [0.1, 0.15) is 6.04 Å². The van der Waals surface area contributed by atoms with Crippen molar-refractivity contribution < 1.29 is 42.2 Å². The molecule has 0 unspecified atom stereocenters. The van der Waals surface area contributed by atoms with E-state index in [-0.39, 0.29) is 41.4 Å². The van der Waals surface area contributed by atoms with E-state index in [1.165, 1.54) is 13.2 Å². The average molecular weight is 655 g/mol. The number of imide groups is 1. The van der Waals surface area contributed by atoms with Gasteiger partial charge in [-0.05, 0) is 74.3 Å². The van der Waals surface area contributed by atoms with Gasteiger partial charge in [0.25, 0.3) is 0 Å². The smallest absolute Gasteiger partial charge is 0.338 e. The number of benzene rings is 2. The third-order valence-corrected chi connectivity index (χ3v) is 9.16. The summed E-state index contributed by atoms with van der Waals surface area (Å²) in [5.74, 6) is -3.24. The fourth-order valence-corrected chi connectivity index (χ4v) is 6.96. The number of hydrogen-bond donors (Lipinski definition) is 2. The lowest BCUT2D eigenvalue weighted by Crippen LogP contribution is -2.56. The fourth-order valence-electron chi connectivity index (χ4n) is 6.96. The predicted octanol–water partition coefficient (Wildman–Crippen LogP) is 4.79. The Morgan fingerprint density at radius 1 is 0.979 bits per heavy atom. The molecule has 0 bridgehead atoms. The van der Waals surface area contributed by atoms with Crippen molar-refractivity contribution in [3.63, 3.8) is 0 Å². The molecule has 1 saturated carbocycles. The van der Waals surface area contributed by atoms with Crippen LogP contribution < -0.4 is 10.6 Å². The molecule has 3 aliphatic rings. The molecule has 2 N–H and O–H groups in total. The Balaban J connectivity index is 1.28. The highest BCUT2D eigenvalue weighted by Gasteiger charge is 2.44. The Morgan fingerprint density at radius 3 is 2.40 bits per heavy atom. The van der Waals surface area contributed by atoms with E-state index in [1.54, 1.807) is 6.92 Å². The Hall–Kier alpha value is -4.36. The molecule has 1 saturated heterocycles. The summed E-state index contributed by atoms with van der Waals surface area (Å²) in [6, 6.07) is 7.50. The minimum absolute atomic E-state index is 0.0113. The standard InChI is InChI=1S/C34H40F2N4O7/c1-4-47-31(41)25-8-6-5-7-24(25)20-9-12-23(13-10-20)39-16-15-22(18-39)37-33(43)40-30(21-11-14-26(35)27(36)17-21)29(32(42)46-3)28(19-45-2)38-34(40)44/h5-8,11,14,17,20,22-23,30H,4,9-10,12-13,15-16,18-19H2,1-3H3,(H,37,43)(H,38,44)/t20-,22-,23+,30+/m1/s1. The van der Waals surface area contributed by atoms with Crippen molar-refractivity contribution >= 4 is 24.0 Å². The Kier molecular flexibility index (Phi) is 10.9. The van der Waals surface area contributed by atoms with E-state index < -0.39 is 35.7 Å². The summed E-state index contributed by atoms with van der Waals surface area (Å²) in [5, 5.41) is 5.46. The SMILES string of the molecule is CCOC(=O)c1ccccc1[C@H]1CC[C@@H](N2CC[C@@H](NC(=O)N3C(=O)NC(COC)=C(C(=O)OC)[C@@H]3c3ccc(F)c(F)c3)C2)CC1. The molecule has 11 nitrogen and oxygen atoms in total. The van der Waals surface area contributed by atoms with Crippen molar-refractivity contribution in [3.8, 4) is 0 Å². The van der Waals surface area contributed by atoms with E-state index in [9.17, 15) is 28.0 Å². The van der Waals surface area contributed by atoms with E-state index >= 15 is 0 Å². The highest BCUT2D eigenvalue weighted by Crippen LogP contribution is 2.38. The number of esters is 2. The summed E-state index contributed by atoms with van der Waals surface area (Å²) < 4.78 is 43.6. The number of urea groups is 2. The van der Waals surface area contributed by atoms with Gasteiger partial charge < -0.3 is 24.8 Å². The first-order valence-corrected chi connectivity index (χ1v) is 15.8. The average Bonchev–Trinajstić information content (AvgIpc) is 3.54. The van der Waals surface area contributed by atoms with Crippen LogP contribution in [0.15, 0.2) is 53.7 Å². The molecule has 2 aromatic rings. The number of methoxy groups -OCH3 is 2. The number of ether oxygens (including phenoxy) is 3. The fraction of sp³-hybridized carbons (Fsp3) is 0.471. The normalized spacial score (nSPS) is 23.3. The van der Waals surface area contributed by atoms with Crippen molar-refractivity contribution in [2.75, 3.05) is 40.5 Å². The summed E-state index contributed by atoms with van der Waals surface area (Å²) in [5.41, 5.74) is 1.56. The third-order valence-electron chi connectivity index (χ3n) is 9.16. The molecule has 0 aromatic heterocycles. The van der Waals surface area contributed by atoms with Gasteiger partial charge in [-0.25, -0.2) is 32.9 Å². The molecule has 47 heavy (non-hydrogen) atoms. The molecule has 2 fully saturated rings. The first kappa shape index (κ1) is 34.0. The van der Waals surface area contributed by atoms with Crippen molar-refractivity contribution in [1.29, 1.82) is 0 Å². The number of carbonyl (C=O) groups is 4. The quantitative estimate of drug-likeness (QED) is 0.370. The van der Waals surface area contributed by atoms with Crippen LogP contribution in [-0.2, 0) is 19.0 Å². The van der Waals surface area contributed by atoms with E-state index in [1.807, 2.05) is 24.3 Å². The molecule has 2 aromatic carbocycles. The van der Waals surface area contributed by atoms with Crippen LogP contribution in [0.2, 0.25) is 0 Å². The van der Waals surface area contributed by atoms with Gasteiger partial charge in [0.15, 0.2) is 11.6 Å². The summed E-state index contributed by atoms with van der Waals surface area (Å²) >= 11 is 0. The van der Waals surface area contributed by atoms with E-state index in [0.29, 0.717) is 31.2 Å². The van der Waals surface area contributed by atoms with Crippen LogP contribution in [0.3, 0.4) is 0 Å². The summed E-state index contributed by atoms with van der Waals surface area (Å²) in [6.45, 7) is 3.21. The molecular formula is C34H40F2N4O7. The second kappa shape index (κ2) is 15.0. The van der Waals surface area contributed by atoms with Crippen LogP contribution in [0.5, 0.6) is 0 Å². The van der Waals surface area contributed by atoms with Crippen LogP contribution in [-0.4, -0.2) is 86.4 Å². The number of rotatable bonds is 9. The third kappa shape index (κ3) is 7.31. The van der Waals surface area contributed by atoms with Crippen LogP contribution in [0, 0.1) is 11.6 Å². The lowest BCUT2D eigenvalue weighted by atomic mass is 9.79. The van der Waals surface area contributed by atoms with E-state index in [4.69, 9.17) is 14.2 Å². The largest absolute Gasteiger partial charge is 0.466 e. The monoisotopic (exact) mass is 654 g/mol. The maximum Gasteiger partial charge on any atom is 0.338 e. The minimum Gasteiger partial charge on any atom is -0.466 e. The van der Waals surface area contributed by atoms with Gasteiger partial charge in [0, 0.05) is 32.3 Å².